The largest absolute Gasteiger partial charge is 0.497 e. The van der Waals surface area contributed by atoms with Gasteiger partial charge in [0.2, 0.25) is 11.8 Å². The third-order valence-electron chi connectivity index (χ3n) is 5.42. The first-order valence-electron chi connectivity index (χ1n) is 10.1. The summed E-state index contributed by atoms with van der Waals surface area (Å²) in [4.78, 5) is 30.4. The van der Waals surface area contributed by atoms with E-state index in [1.165, 1.54) is 6.92 Å². The number of hydrogen-bond acceptors (Lipinski definition) is 4. The molecule has 6 heteroatoms. The zero-order valence-corrected chi connectivity index (χ0v) is 18.3. The number of thiophene rings is 1. The van der Waals surface area contributed by atoms with Gasteiger partial charge in [-0.05, 0) is 52.9 Å². The van der Waals surface area contributed by atoms with E-state index in [0.29, 0.717) is 6.54 Å². The Labute approximate surface area is 186 Å². The predicted molar refractivity (Wildman–Crippen MR) is 124 cm³/mol. The van der Waals surface area contributed by atoms with Crippen LogP contribution < -0.4 is 9.64 Å². The number of anilines is 1. The van der Waals surface area contributed by atoms with Crippen molar-refractivity contribution in [3.8, 4) is 5.75 Å². The van der Waals surface area contributed by atoms with Crippen LogP contribution in [0.2, 0.25) is 0 Å². The Balaban J connectivity index is 1.65. The Bertz CT molecular complexity index is 1090. The molecular weight excluding hydrogens is 408 g/mol. The van der Waals surface area contributed by atoms with Crippen molar-refractivity contribution in [3.63, 3.8) is 0 Å². The maximum absolute atomic E-state index is 13.6. The van der Waals surface area contributed by atoms with Gasteiger partial charge in [0, 0.05) is 23.7 Å². The molecule has 2 aromatic carbocycles. The van der Waals surface area contributed by atoms with Crippen molar-refractivity contribution >= 4 is 34.9 Å². The van der Waals surface area contributed by atoms with Crippen LogP contribution in [0.25, 0.3) is 6.08 Å². The number of hydrogen-bond donors (Lipinski definition) is 0. The second-order valence-corrected chi connectivity index (χ2v) is 8.38. The minimum atomic E-state index is -0.338. The van der Waals surface area contributed by atoms with Crippen molar-refractivity contribution < 1.29 is 14.3 Å². The highest BCUT2D eigenvalue weighted by Gasteiger charge is 2.30. The highest BCUT2D eigenvalue weighted by molar-refractivity contribution is 7.09. The molecule has 0 spiro atoms. The molecule has 1 unspecified atom stereocenters. The highest BCUT2D eigenvalue weighted by Crippen LogP contribution is 2.34. The second kappa shape index (κ2) is 9.18. The number of ether oxygens (including phenoxy) is 1. The number of rotatable bonds is 6. The molecular formula is C25H24N2O3S. The Morgan fingerprint density at radius 2 is 1.84 bits per heavy atom. The average molecular weight is 433 g/mol. The molecule has 0 aliphatic carbocycles. The van der Waals surface area contributed by atoms with Crippen LogP contribution in [0.3, 0.4) is 0 Å². The van der Waals surface area contributed by atoms with Gasteiger partial charge in [-0.2, -0.15) is 0 Å². The summed E-state index contributed by atoms with van der Waals surface area (Å²) in [6.45, 7) is 2.01. The summed E-state index contributed by atoms with van der Waals surface area (Å²) >= 11 is 1.62. The van der Waals surface area contributed by atoms with E-state index >= 15 is 0 Å². The lowest BCUT2D eigenvalue weighted by molar-refractivity contribution is -0.129. The van der Waals surface area contributed by atoms with E-state index in [-0.39, 0.29) is 24.3 Å². The molecule has 158 valence electrons. The van der Waals surface area contributed by atoms with E-state index in [2.05, 4.69) is 0 Å². The molecule has 0 saturated carbocycles. The van der Waals surface area contributed by atoms with Gasteiger partial charge in [-0.25, -0.2) is 0 Å². The summed E-state index contributed by atoms with van der Waals surface area (Å²) in [5.74, 6) is 0.610. The molecule has 0 bridgehead atoms. The molecule has 0 radical (unpaired) electrons. The molecule has 31 heavy (non-hydrogen) atoms. The maximum Gasteiger partial charge on any atom is 0.229 e. The van der Waals surface area contributed by atoms with Gasteiger partial charge in [-0.3, -0.25) is 9.59 Å². The fourth-order valence-corrected chi connectivity index (χ4v) is 4.53. The van der Waals surface area contributed by atoms with Gasteiger partial charge in [0.15, 0.2) is 0 Å². The van der Waals surface area contributed by atoms with Gasteiger partial charge in [-0.1, -0.05) is 30.3 Å². The summed E-state index contributed by atoms with van der Waals surface area (Å²) in [7, 11) is 1.62. The summed E-state index contributed by atoms with van der Waals surface area (Å²) in [6, 6.07) is 19.1. The molecule has 3 aromatic rings. The smallest absolute Gasteiger partial charge is 0.229 e. The first-order valence-corrected chi connectivity index (χ1v) is 11.0. The first-order chi connectivity index (χ1) is 15.1. The van der Waals surface area contributed by atoms with E-state index in [1.54, 1.807) is 34.4 Å². The predicted octanol–water partition coefficient (Wildman–Crippen LogP) is 5.25. The maximum atomic E-state index is 13.6. The van der Waals surface area contributed by atoms with E-state index < -0.39 is 0 Å². The van der Waals surface area contributed by atoms with Crippen LogP contribution in [0.5, 0.6) is 5.75 Å². The van der Waals surface area contributed by atoms with Crippen molar-refractivity contribution in [3.05, 3.63) is 88.2 Å². The number of benzene rings is 2. The molecule has 1 aliphatic heterocycles. The molecule has 2 amide bonds. The normalized spacial score (nSPS) is 14.8. The third-order valence-corrected chi connectivity index (χ3v) is 6.28. The van der Waals surface area contributed by atoms with Crippen molar-refractivity contribution in [2.75, 3.05) is 12.0 Å². The van der Waals surface area contributed by atoms with Gasteiger partial charge in [0.25, 0.3) is 0 Å². The van der Waals surface area contributed by atoms with Crippen LogP contribution >= 0.6 is 11.3 Å². The molecule has 0 saturated heterocycles. The monoisotopic (exact) mass is 432 g/mol. The van der Waals surface area contributed by atoms with Crippen LogP contribution in [0.4, 0.5) is 5.69 Å². The molecule has 0 fully saturated rings. The van der Waals surface area contributed by atoms with E-state index in [4.69, 9.17) is 4.74 Å². The van der Waals surface area contributed by atoms with E-state index in [9.17, 15) is 9.59 Å². The van der Waals surface area contributed by atoms with Gasteiger partial charge in [0.05, 0.1) is 26.1 Å². The van der Waals surface area contributed by atoms with Gasteiger partial charge >= 0.3 is 0 Å². The van der Waals surface area contributed by atoms with Crippen molar-refractivity contribution in [2.24, 2.45) is 0 Å². The van der Waals surface area contributed by atoms with Gasteiger partial charge in [0.1, 0.15) is 5.75 Å². The molecule has 4 rings (SSSR count). The zero-order chi connectivity index (χ0) is 21.8. The Hall–Kier alpha value is -3.38. The van der Waals surface area contributed by atoms with Crippen LogP contribution in [-0.4, -0.2) is 23.8 Å². The number of fused-ring (bicyclic) bond motifs is 1. The first kappa shape index (κ1) is 20.9. The number of nitrogens with zero attached hydrogens (tertiary/aromatic N) is 2. The highest BCUT2D eigenvalue weighted by atomic mass is 32.1. The van der Waals surface area contributed by atoms with Crippen molar-refractivity contribution in [1.29, 1.82) is 0 Å². The average Bonchev–Trinajstić information content (AvgIpc) is 3.31. The van der Waals surface area contributed by atoms with E-state index in [0.717, 1.165) is 27.4 Å². The molecule has 1 aliphatic rings. The van der Waals surface area contributed by atoms with Crippen molar-refractivity contribution in [1.82, 2.24) is 4.90 Å². The lowest BCUT2D eigenvalue weighted by atomic mass is 9.93. The van der Waals surface area contributed by atoms with Gasteiger partial charge in [-0.15, -0.1) is 11.3 Å². The quantitative estimate of drug-likeness (QED) is 0.534. The van der Waals surface area contributed by atoms with Crippen LogP contribution in [0.15, 0.2) is 72.2 Å². The van der Waals surface area contributed by atoms with Gasteiger partial charge < -0.3 is 14.5 Å². The topological polar surface area (TPSA) is 49.9 Å². The number of carbonyl (C=O) groups is 2. The fourth-order valence-electron chi connectivity index (χ4n) is 3.83. The lowest BCUT2D eigenvalue weighted by Crippen LogP contribution is -2.37. The molecule has 5 nitrogen and oxygen atoms in total. The van der Waals surface area contributed by atoms with Crippen molar-refractivity contribution in [2.45, 2.75) is 25.9 Å². The Kier molecular flexibility index (Phi) is 6.18. The standard InChI is InChI=1S/C25H24N2O3S/c1-18(28)26-14-13-19-6-3-4-8-23(19)24(26)16-25(29)27(17-22-7-5-15-31-22)20-9-11-21(30-2)12-10-20/h3-15,24H,16-17H2,1-2H3. The Morgan fingerprint density at radius 1 is 1.06 bits per heavy atom. The summed E-state index contributed by atoms with van der Waals surface area (Å²) in [5, 5.41) is 2.01. The molecule has 0 N–H and O–H groups in total. The van der Waals surface area contributed by atoms with Crippen LogP contribution in [0, 0.1) is 0 Å². The SMILES string of the molecule is COc1ccc(N(Cc2cccs2)C(=O)CC2c3ccccc3C=CN2C(C)=O)cc1. The number of carbonyl (C=O) groups excluding carboxylic acids is 2. The summed E-state index contributed by atoms with van der Waals surface area (Å²) in [6.07, 6.45) is 3.89. The fraction of sp³-hybridized carbons (Fsp3) is 0.200. The molecule has 1 atom stereocenters. The second-order valence-electron chi connectivity index (χ2n) is 7.35. The van der Waals surface area contributed by atoms with Crippen LogP contribution in [0.1, 0.15) is 35.4 Å². The zero-order valence-electron chi connectivity index (χ0n) is 17.5. The lowest BCUT2D eigenvalue weighted by Gasteiger charge is -2.34. The minimum absolute atomic E-state index is 0.0417. The molecule has 1 aromatic heterocycles. The Morgan fingerprint density at radius 3 is 2.52 bits per heavy atom. The summed E-state index contributed by atoms with van der Waals surface area (Å²) < 4.78 is 5.26. The third kappa shape index (κ3) is 4.54. The summed E-state index contributed by atoms with van der Waals surface area (Å²) in [5.41, 5.74) is 2.82. The molecule has 2 heterocycles. The van der Waals surface area contributed by atoms with Crippen LogP contribution in [-0.2, 0) is 16.1 Å². The van der Waals surface area contributed by atoms with E-state index in [1.807, 2.05) is 72.1 Å². The minimum Gasteiger partial charge on any atom is -0.497 e. The number of methoxy groups -OCH3 is 1. The number of amides is 2.